The van der Waals surface area contributed by atoms with Crippen molar-refractivity contribution in [2.24, 2.45) is 11.8 Å². The van der Waals surface area contributed by atoms with Gasteiger partial charge in [-0.05, 0) is 36.2 Å². The van der Waals surface area contributed by atoms with Gasteiger partial charge in [0.1, 0.15) is 11.6 Å². The molecule has 3 amide bonds. The molecule has 3 fully saturated rings. The van der Waals surface area contributed by atoms with Crippen LogP contribution in [0.3, 0.4) is 0 Å². The fraction of sp³-hybridized carbons (Fsp3) is 0.387. The smallest absolute Gasteiger partial charge is 0.253 e. The molecule has 0 aromatic heterocycles. The van der Waals surface area contributed by atoms with Gasteiger partial charge in [0.15, 0.2) is 0 Å². The van der Waals surface area contributed by atoms with Crippen LogP contribution in [0.4, 0.5) is 5.69 Å². The molecule has 41 heavy (non-hydrogen) atoms. The van der Waals surface area contributed by atoms with Crippen molar-refractivity contribution in [2.45, 2.75) is 35.5 Å². The van der Waals surface area contributed by atoms with Crippen molar-refractivity contribution in [1.29, 1.82) is 0 Å². The van der Waals surface area contributed by atoms with Crippen LogP contribution >= 0.6 is 27.5 Å². The molecule has 0 radical (unpaired) electrons. The van der Waals surface area contributed by atoms with Gasteiger partial charge in [0.25, 0.3) is 5.91 Å². The molecule has 3 unspecified atom stereocenters. The summed E-state index contributed by atoms with van der Waals surface area (Å²) < 4.78 is 6.61. The molecule has 6 atom stereocenters. The lowest BCUT2D eigenvalue weighted by Crippen LogP contribution is -2.57. The number of likely N-dealkylation sites (tertiary alicyclic amines) is 1. The lowest BCUT2D eigenvalue weighted by molar-refractivity contribution is -0.145. The van der Waals surface area contributed by atoms with E-state index in [9.17, 15) is 19.5 Å². The van der Waals surface area contributed by atoms with Crippen LogP contribution in [0, 0.1) is 11.8 Å². The number of aliphatic hydroxyl groups excluding tert-OH is 1. The quantitative estimate of drug-likeness (QED) is 0.298. The number of nitrogens with zero attached hydrogens (tertiary/aromatic N) is 3. The SMILES string of the molecule is C=CCN(Cc1ccccc1)C(=O)[C@H]1[C@H]2C(=O)N(CCO)C(C(=O)N(CC=C)c3ccc(Cl)cc3)C23CC(Br)[C@@H]1O3. The molecule has 8 nitrogen and oxygen atoms in total. The molecule has 3 aliphatic rings. The Morgan fingerprint density at radius 1 is 1.10 bits per heavy atom. The number of anilines is 1. The molecule has 3 saturated heterocycles. The fourth-order valence-electron chi connectivity index (χ4n) is 6.66. The third-order valence-electron chi connectivity index (χ3n) is 8.24. The van der Waals surface area contributed by atoms with Crippen LogP contribution in [0.2, 0.25) is 5.02 Å². The maximum atomic E-state index is 14.4. The van der Waals surface area contributed by atoms with Crippen molar-refractivity contribution in [3.05, 3.63) is 90.5 Å². The standard InChI is InChI=1S/C31H33BrClN3O5/c1-3-14-34(19-20-8-6-5-7-9-20)28(38)24-25-29(39)36(16-17-37)27(31(25)18-23(32)26(24)41-31)30(40)35(15-4-2)22-12-10-21(33)11-13-22/h3-13,23-27,37H,1-2,14-19H2/t23?,24-,25-,26-,27?,31?/m0/s1. The number of alkyl halides is 1. The zero-order valence-corrected chi connectivity index (χ0v) is 24.9. The summed E-state index contributed by atoms with van der Waals surface area (Å²) in [5.74, 6) is -2.61. The van der Waals surface area contributed by atoms with Crippen molar-refractivity contribution >= 4 is 50.9 Å². The number of ether oxygens (including phenoxy) is 1. The molecular formula is C31H33BrClN3O5. The first-order valence-corrected chi connectivity index (χ1v) is 14.9. The number of hydrogen-bond acceptors (Lipinski definition) is 5. The van der Waals surface area contributed by atoms with E-state index < -0.39 is 29.6 Å². The largest absolute Gasteiger partial charge is 0.395 e. The summed E-state index contributed by atoms with van der Waals surface area (Å²) >= 11 is 9.81. The van der Waals surface area contributed by atoms with Crippen LogP contribution in [0.25, 0.3) is 0 Å². The highest BCUT2D eigenvalue weighted by molar-refractivity contribution is 9.09. The van der Waals surface area contributed by atoms with E-state index in [1.807, 2.05) is 30.3 Å². The number of carbonyl (C=O) groups excluding carboxylic acids is 3. The Kier molecular flexibility index (Phi) is 8.70. The van der Waals surface area contributed by atoms with E-state index >= 15 is 0 Å². The topological polar surface area (TPSA) is 90.4 Å². The molecular weight excluding hydrogens is 610 g/mol. The van der Waals surface area contributed by atoms with Gasteiger partial charge in [0.05, 0.1) is 24.5 Å². The van der Waals surface area contributed by atoms with Crippen LogP contribution < -0.4 is 4.90 Å². The third-order valence-corrected chi connectivity index (χ3v) is 9.34. The first-order valence-electron chi connectivity index (χ1n) is 13.6. The van der Waals surface area contributed by atoms with Crippen molar-refractivity contribution in [3.63, 3.8) is 0 Å². The van der Waals surface area contributed by atoms with Crippen LogP contribution in [0.5, 0.6) is 0 Å². The van der Waals surface area contributed by atoms with Gasteiger partial charge < -0.3 is 24.5 Å². The number of hydrogen-bond donors (Lipinski definition) is 1. The number of benzene rings is 2. The van der Waals surface area contributed by atoms with E-state index in [4.69, 9.17) is 16.3 Å². The predicted octanol–water partition coefficient (Wildman–Crippen LogP) is 3.81. The number of halogens is 2. The second kappa shape index (κ2) is 12.1. The molecule has 3 heterocycles. The Labute approximate surface area is 253 Å². The zero-order valence-electron chi connectivity index (χ0n) is 22.6. The number of β-amino-alcohol motifs (C(OH)–C–C–N with tert-alkyl or cyclic N) is 1. The normalized spacial score (nSPS) is 27.9. The van der Waals surface area contributed by atoms with Crippen LogP contribution in [-0.4, -0.2) is 81.4 Å². The summed E-state index contributed by atoms with van der Waals surface area (Å²) in [5.41, 5.74) is 0.305. The fourth-order valence-corrected chi connectivity index (χ4v) is 7.73. The third kappa shape index (κ3) is 5.14. The van der Waals surface area contributed by atoms with Crippen molar-refractivity contribution in [1.82, 2.24) is 9.80 Å². The van der Waals surface area contributed by atoms with E-state index in [0.717, 1.165) is 5.56 Å². The van der Waals surface area contributed by atoms with Gasteiger partial charge in [0, 0.05) is 41.7 Å². The van der Waals surface area contributed by atoms with Gasteiger partial charge in [-0.3, -0.25) is 14.4 Å². The molecule has 0 saturated carbocycles. The maximum Gasteiger partial charge on any atom is 0.253 e. The number of aliphatic hydroxyl groups is 1. The van der Waals surface area contributed by atoms with E-state index in [0.29, 0.717) is 30.2 Å². The summed E-state index contributed by atoms with van der Waals surface area (Å²) in [7, 11) is 0. The summed E-state index contributed by atoms with van der Waals surface area (Å²) in [6, 6.07) is 15.4. The zero-order chi connectivity index (χ0) is 29.3. The molecule has 2 aromatic carbocycles. The average molecular weight is 643 g/mol. The molecule has 1 spiro atoms. The molecule has 5 rings (SSSR count). The average Bonchev–Trinajstić information content (AvgIpc) is 3.55. The summed E-state index contributed by atoms with van der Waals surface area (Å²) in [5, 5.41) is 10.5. The molecule has 2 aromatic rings. The maximum absolute atomic E-state index is 14.4. The van der Waals surface area contributed by atoms with Gasteiger partial charge in [-0.25, -0.2) is 0 Å². The highest BCUT2D eigenvalue weighted by Gasteiger charge is 2.76. The van der Waals surface area contributed by atoms with E-state index in [-0.39, 0.29) is 42.2 Å². The second-order valence-electron chi connectivity index (χ2n) is 10.6. The molecule has 10 heteroatoms. The molecule has 3 aliphatic heterocycles. The Balaban J connectivity index is 1.53. The number of carbonyl (C=O) groups is 3. The number of rotatable bonds is 11. The van der Waals surface area contributed by atoms with E-state index in [2.05, 4.69) is 29.1 Å². The molecule has 216 valence electrons. The van der Waals surface area contributed by atoms with E-state index in [1.165, 1.54) is 9.80 Å². The first-order chi connectivity index (χ1) is 19.8. The van der Waals surface area contributed by atoms with Crippen molar-refractivity contribution in [3.8, 4) is 0 Å². The first kappa shape index (κ1) is 29.5. The Bertz CT molecular complexity index is 1320. The van der Waals surface area contributed by atoms with Gasteiger partial charge >= 0.3 is 0 Å². The minimum Gasteiger partial charge on any atom is -0.395 e. The summed E-state index contributed by atoms with van der Waals surface area (Å²) in [6.07, 6.45) is 3.06. The molecule has 1 N–H and O–H groups in total. The lowest BCUT2D eigenvalue weighted by atomic mass is 9.70. The minimum absolute atomic E-state index is 0.0572. The van der Waals surface area contributed by atoms with Crippen molar-refractivity contribution in [2.75, 3.05) is 31.1 Å². The monoisotopic (exact) mass is 641 g/mol. The van der Waals surface area contributed by atoms with E-state index in [1.54, 1.807) is 41.3 Å². The predicted molar refractivity (Wildman–Crippen MR) is 161 cm³/mol. The Morgan fingerprint density at radius 2 is 1.78 bits per heavy atom. The second-order valence-corrected chi connectivity index (χ2v) is 12.2. The summed E-state index contributed by atoms with van der Waals surface area (Å²) in [6.45, 7) is 8.09. The lowest BCUT2D eigenvalue weighted by Gasteiger charge is -2.37. The van der Waals surface area contributed by atoms with Gasteiger partial charge in [0.2, 0.25) is 11.8 Å². The Hall–Kier alpha value is -2.98. The Morgan fingerprint density at radius 3 is 2.41 bits per heavy atom. The highest BCUT2D eigenvalue weighted by atomic mass is 79.9. The van der Waals surface area contributed by atoms with Gasteiger partial charge in [-0.1, -0.05) is 70.0 Å². The number of amides is 3. The van der Waals surface area contributed by atoms with Crippen LogP contribution in [0.1, 0.15) is 12.0 Å². The van der Waals surface area contributed by atoms with Gasteiger partial charge in [-0.2, -0.15) is 0 Å². The van der Waals surface area contributed by atoms with Crippen LogP contribution in [-0.2, 0) is 25.7 Å². The van der Waals surface area contributed by atoms with Crippen LogP contribution in [0.15, 0.2) is 79.9 Å². The molecule has 2 bridgehead atoms. The highest BCUT2D eigenvalue weighted by Crippen LogP contribution is 2.60. The number of fused-ring (bicyclic) bond motifs is 1. The summed E-state index contributed by atoms with van der Waals surface area (Å²) in [4.78, 5) is 47.1. The van der Waals surface area contributed by atoms with Gasteiger partial charge in [-0.15, -0.1) is 13.2 Å². The van der Waals surface area contributed by atoms with Crippen molar-refractivity contribution < 1.29 is 24.2 Å². The molecule has 0 aliphatic carbocycles. The minimum atomic E-state index is -1.24.